The average molecular weight is 255 g/mol. The number of nitriles is 2. The van der Waals surface area contributed by atoms with Crippen LogP contribution in [0, 0.1) is 22.7 Å². The summed E-state index contributed by atoms with van der Waals surface area (Å²) >= 11 is 0. The van der Waals surface area contributed by atoms with E-state index in [1.165, 1.54) is 12.8 Å². The highest BCUT2D eigenvalue weighted by Crippen LogP contribution is 2.26. The molecule has 98 valence electrons. The van der Waals surface area contributed by atoms with Gasteiger partial charge in [0.1, 0.15) is 18.4 Å². The van der Waals surface area contributed by atoms with Gasteiger partial charge in [-0.15, -0.1) is 0 Å². The third-order valence-electron chi connectivity index (χ3n) is 3.22. The molecule has 19 heavy (non-hydrogen) atoms. The van der Waals surface area contributed by atoms with Crippen LogP contribution in [0.25, 0.3) is 0 Å². The Hall–Kier alpha value is -2.04. The fourth-order valence-electron chi connectivity index (χ4n) is 2.07. The van der Waals surface area contributed by atoms with Gasteiger partial charge in [0.2, 0.25) is 0 Å². The molecule has 1 saturated carbocycles. The van der Waals surface area contributed by atoms with Crippen LogP contribution < -0.4 is 4.74 Å². The van der Waals surface area contributed by atoms with E-state index in [0.717, 1.165) is 13.1 Å². The molecule has 1 fully saturated rings. The highest BCUT2D eigenvalue weighted by Gasteiger charge is 2.28. The molecule has 0 aromatic heterocycles. The summed E-state index contributed by atoms with van der Waals surface area (Å²) in [5, 5.41) is 17.6. The van der Waals surface area contributed by atoms with Crippen molar-refractivity contribution in [3.63, 3.8) is 0 Å². The molecule has 0 heterocycles. The van der Waals surface area contributed by atoms with Crippen LogP contribution in [0.5, 0.6) is 5.75 Å². The van der Waals surface area contributed by atoms with Crippen LogP contribution in [-0.4, -0.2) is 30.6 Å². The van der Waals surface area contributed by atoms with Crippen LogP contribution in [0.4, 0.5) is 0 Å². The van der Waals surface area contributed by atoms with Crippen molar-refractivity contribution in [1.82, 2.24) is 4.90 Å². The number of nitrogens with zero attached hydrogens (tertiary/aromatic N) is 3. The SMILES string of the molecule is N#CCCN(CCOc1ccccc1C#N)C1CC1. The lowest BCUT2D eigenvalue weighted by atomic mass is 10.2. The Labute approximate surface area is 113 Å². The van der Waals surface area contributed by atoms with Gasteiger partial charge < -0.3 is 4.74 Å². The van der Waals surface area contributed by atoms with Gasteiger partial charge in [0.05, 0.1) is 11.6 Å². The summed E-state index contributed by atoms with van der Waals surface area (Å²) in [6.07, 6.45) is 3.01. The molecule has 2 rings (SSSR count). The maximum atomic E-state index is 8.96. The minimum absolute atomic E-state index is 0.556. The Kier molecular flexibility index (Phi) is 4.78. The molecule has 0 unspecified atom stereocenters. The largest absolute Gasteiger partial charge is 0.491 e. The Balaban J connectivity index is 1.81. The first-order valence-corrected chi connectivity index (χ1v) is 6.58. The minimum Gasteiger partial charge on any atom is -0.491 e. The van der Waals surface area contributed by atoms with E-state index in [9.17, 15) is 0 Å². The fourth-order valence-corrected chi connectivity index (χ4v) is 2.07. The maximum Gasteiger partial charge on any atom is 0.137 e. The Morgan fingerprint density at radius 1 is 1.21 bits per heavy atom. The lowest BCUT2D eigenvalue weighted by Gasteiger charge is -2.20. The molecule has 0 N–H and O–H groups in total. The zero-order valence-corrected chi connectivity index (χ0v) is 10.9. The van der Waals surface area contributed by atoms with E-state index in [-0.39, 0.29) is 0 Å². The number of hydrogen-bond donors (Lipinski definition) is 0. The van der Waals surface area contributed by atoms with E-state index in [2.05, 4.69) is 17.0 Å². The van der Waals surface area contributed by atoms with Gasteiger partial charge >= 0.3 is 0 Å². The average Bonchev–Trinajstić information content (AvgIpc) is 3.27. The van der Waals surface area contributed by atoms with Crippen LogP contribution in [0.15, 0.2) is 24.3 Å². The zero-order valence-electron chi connectivity index (χ0n) is 10.9. The molecule has 0 saturated heterocycles. The van der Waals surface area contributed by atoms with Crippen LogP contribution in [0.2, 0.25) is 0 Å². The molecular formula is C15H17N3O. The van der Waals surface area contributed by atoms with Crippen LogP contribution in [-0.2, 0) is 0 Å². The van der Waals surface area contributed by atoms with Crippen molar-refractivity contribution in [2.75, 3.05) is 19.7 Å². The van der Waals surface area contributed by atoms with Gasteiger partial charge in [-0.05, 0) is 25.0 Å². The van der Waals surface area contributed by atoms with Crippen molar-refractivity contribution in [1.29, 1.82) is 10.5 Å². The number of benzene rings is 1. The Morgan fingerprint density at radius 2 is 2.00 bits per heavy atom. The van der Waals surface area contributed by atoms with Crippen LogP contribution in [0.3, 0.4) is 0 Å². The maximum absolute atomic E-state index is 8.96. The number of ether oxygens (including phenoxy) is 1. The fraction of sp³-hybridized carbons (Fsp3) is 0.467. The zero-order chi connectivity index (χ0) is 13.5. The molecule has 0 atom stereocenters. The lowest BCUT2D eigenvalue weighted by molar-refractivity contribution is 0.204. The van der Waals surface area contributed by atoms with Crippen molar-refractivity contribution in [2.45, 2.75) is 25.3 Å². The second-order valence-corrected chi connectivity index (χ2v) is 4.63. The monoisotopic (exact) mass is 255 g/mol. The molecule has 0 radical (unpaired) electrons. The van der Waals surface area contributed by atoms with E-state index in [1.54, 1.807) is 6.07 Å². The number of para-hydroxylation sites is 1. The first-order chi connectivity index (χ1) is 9.35. The minimum atomic E-state index is 0.556. The van der Waals surface area contributed by atoms with Crippen LogP contribution >= 0.6 is 0 Å². The molecule has 0 bridgehead atoms. The van der Waals surface area contributed by atoms with Gasteiger partial charge in [-0.3, -0.25) is 4.90 Å². The molecule has 4 nitrogen and oxygen atoms in total. The first kappa shape index (κ1) is 13.4. The second kappa shape index (κ2) is 6.78. The second-order valence-electron chi connectivity index (χ2n) is 4.63. The molecule has 0 spiro atoms. The van der Waals surface area contributed by atoms with E-state index in [1.807, 2.05) is 18.2 Å². The highest BCUT2D eigenvalue weighted by molar-refractivity contribution is 5.42. The molecule has 1 aromatic carbocycles. The summed E-state index contributed by atoms with van der Waals surface area (Å²) < 4.78 is 5.67. The van der Waals surface area contributed by atoms with E-state index >= 15 is 0 Å². The number of rotatable bonds is 7. The Morgan fingerprint density at radius 3 is 2.68 bits per heavy atom. The highest BCUT2D eigenvalue weighted by atomic mass is 16.5. The van der Waals surface area contributed by atoms with Gasteiger partial charge in [-0.1, -0.05) is 12.1 Å². The van der Waals surface area contributed by atoms with Gasteiger partial charge in [0.15, 0.2) is 0 Å². The third kappa shape index (κ3) is 3.98. The van der Waals surface area contributed by atoms with Gasteiger partial charge in [-0.2, -0.15) is 10.5 Å². The van der Waals surface area contributed by atoms with Gasteiger partial charge in [-0.25, -0.2) is 0 Å². The normalized spacial score (nSPS) is 13.8. The molecule has 0 amide bonds. The predicted molar refractivity (Wildman–Crippen MR) is 71.5 cm³/mol. The summed E-state index contributed by atoms with van der Waals surface area (Å²) in [5.74, 6) is 0.640. The van der Waals surface area contributed by atoms with Crippen molar-refractivity contribution in [2.24, 2.45) is 0 Å². The van der Waals surface area contributed by atoms with Crippen molar-refractivity contribution in [3.8, 4) is 17.9 Å². The van der Waals surface area contributed by atoms with Gasteiger partial charge in [0.25, 0.3) is 0 Å². The summed E-state index contributed by atoms with van der Waals surface area (Å²) in [6.45, 7) is 2.18. The summed E-state index contributed by atoms with van der Waals surface area (Å²) in [4.78, 5) is 2.30. The van der Waals surface area contributed by atoms with Crippen molar-refractivity contribution in [3.05, 3.63) is 29.8 Å². The van der Waals surface area contributed by atoms with E-state index in [0.29, 0.717) is 30.4 Å². The summed E-state index contributed by atoms with van der Waals surface area (Å²) in [6, 6.07) is 12.2. The van der Waals surface area contributed by atoms with Crippen LogP contribution in [0.1, 0.15) is 24.8 Å². The third-order valence-corrected chi connectivity index (χ3v) is 3.22. The molecule has 1 aromatic rings. The van der Waals surface area contributed by atoms with Gasteiger partial charge in [0, 0.05) is 25.6 Å². The molecule has 1 aliphatic rings. The molecule has 4 heteroatoms. The summed E-state index contributed by atoms with van der Waals surface area (Å²) in [7, 11) is 0. The lowest BCUT2D eigenvalue weighted by Crippen LogP contribution is -2.31. The number of hydrogen-bond acceptors (Lipinski definition) is 4. The molecule has 1 aliphatic carbocycles. The standard InChI is InChI=1S/C15H17N3O/c16-8-3-9-18(14-6-7-14)10-11-19-15-5-2-1-4-13(15)12-17/h1-2,4-5,14H,3,6-7,9-11H2. The predicted octanol–water partition coefficient (Wildman–Crippen LogP) is 2.32. The molecule has 0 aliphatic heterocycles. The first-order valence-electron chi connectivity index (χ1n) is 6.58. The van der Waals surface area contributed by atoms with Crippen molar-refractivity contribution >= 4 is 0 Å². The Bertz CT molecular complexity index is 497. The smallest absolute Gasteiger partial charge is 0.137 e. The quantitative estimate of drug-likeness (QED) is 0.750. The van der Waals surface area contributed by atoms with E-state index < -0.39 is 0 Å². The van der Waals surface area contributed by atoms with Crippen molar-refractivity contribution < 1.29 is 4.74 Å². The van der Waals surface area contributed by atoms with E-state index in [4.69, 9.17) is 15.3 Å². The topological polar surface area (TPSA) is 60.1 Å². The molecular weight excluding hydrogens is 238 g/mol. The summed E-state index contributed by atoms with van der Waals surface area (Å²) in [5.41, 5.74) is 0.567.